The molecule has 10 heavy (non-hydrogen) atoms. The molecule has 1 heterocycles. The van der Waals surface area contributed by atoms with Crippen LogP contribution in [0.15, 0.2) is 0 Å². The van der Waals surface area contributed by atoms with Crippen LogP contribution in [0, 0.1) is 0 Å². The highest BCUT2D eigenvalue weighted by Gasteiger charge is 2.21. The number of nitrogens with one attached hydrogen (secondary N) is 2. The predicted molar refractivity (Wildman–Crippen MR) is 36.9 cm³/mol. The standard InChI is InChI=1S/C6H12N2O2/c1-4(6(9)10)8-5-2-7-3-5/h4-5,7-8H,2-3H2,1H3,(H,9,10). The van der Waals surface area contributed by atoms with E-state index >= 15 is 0 Å². The number of hydrogen-bond donors (Lipinski definition) is 3. The van der Waals surface area contributed by atoms with E-state index in [-0.39, 0.29) is 0 Å². The van der Waals surface area contributed by atoms with Crippen LogP contribution in [0.2, 0.25) is 0 Å². The molecule has 0 bridgehead atoms. The zero-order chi connectivity index (χ0) is 7.56. The van der Waals surface area contributed by atoms with E-state index in [1.807, 2.05) is 0 Å². The van der Waals surface area contributed by atoms with Crippen molar-refractivity contribution in [1.82, 2.24) is 10.6 Å². The van der Waals surface area contributed by atoms with Crippen LogP contribution in [0.25, 0.3) is 0 Å². The highest BCUT2D eigenvalue weighted by atomic mass is 16.4. The lowest BCUT2D eigenvalue weighted by molar-refractivity contribution is -0.139. The van der Waals surface area contributed by atoms with Crippen LogP contribution in [-0.4, -0.2) is 36.2 Å². The Kier molecular flexibility index (Phi) is 2.24. The van der Waals surface area contributed by atoms with Crippen LogP contribution in [0.3, 0.4) is 0 Å². The van der Waals surface area contributed by atoms with Crippen molar-refractivity contribution in [3.05, 3.63) is 0 Å². The highest BCUT2D eigenvalue weighted by Crippen LogP contribution is 1.93. The molecule has 0 radical (unpaired) electrons. The largest absolute Gasteiger partial charge is 0.480 e. The third-order valence-electron chi connectivity index (χ3n) is 1.64. The Bertz CT molecular complexity index is 134. The van der Waals surface area contributed by atoms with Gasteiger partial charge in [0.2, 0.25) is 0 Å². The first-order chi connectivity index (χ1) is 4.70. The third-order valence-corrected chi connectivity index (χ3v) is 1.64. The van der Waals surface area contributed by atoms with Gasteiger partial charge in [-0.2, -0.15) is 0 Å². The molecule has 4 heteroatoms. The Balaban J connectivity index is 2.16. The molecule has 0 spiro atoms. The van der Waals surface area contributed by atoms with Crippen molar-refractivity contribution in [3.8, 4) is 0 Å². The van der Waals surface area contributed by atoms with Gasteiger partial charge in [0.25, 0.3) is 0 Å². The van der Waals surface area contributed by atoms with E-state index in [9.17, 15) is 4.79 Å². The van der Waals surface area contributed by atoms with Gasteiger partial charge in [-0.3, -0.25) is 10.1 Å². The summed E-state index contributed by atoms with van der Waals surface area (Å²) in [5.74, 6) is -0.785. The Morgan fingerprint density at radius 2 is 2.40 bits per heavy atom. The zero-order valence-electron chi connectivity index (χ0n) is 5.92. The van der Waals surface area contributed by atoms with Crippen LogP contribution in [0.5, 0.6) is 0 Å². The van der Waals surface area contributed by atoms with E-state index in [4.69, 9.17) is 5.11 Å². The lowest BCUT2D eigenvalue weighted by Gasteiger charge is -2.29. The second-order valence-corrected chi connectivity index (χ2v) is 2.58. The Hall–Kier alpha value is -0.610. The fourth-order valence-corrected chi connectivity index (χ4v) is 0.831. The average molecular weight is 144 g/mol. The number of hydrogen-bond acceptors (Lipinski definition) is 3. The van der Waals surface area contributed by atoms with Gasteiger partial charge in [-0.05, 0) is 6.92 Å². The minimum atomic E-state index is -0.785. The maximum atomic E-state index is 10.3. The van der Waals surface area contributed by atoms with E-state index in [2.05, 4.69) is 10.6 Å². The van der Waals surface area contributed by atoms with Crippen LogP contribution in [0.1, 0.15) is 6.92 Å². The summed E-state index contributed by atoms with van der Waals surface area (Å²) in [5.41, 5.74) is 0. The maximum Gasteiger partial charge on any atom is 0.320 e. The topological polar surface area (TPSA) is 61.4 Å². The smallest absolute Gasteiger partial charge is 0.320 e. The molecule has 0 aromatic heterocycles. The second-order valence-electron chi connectivity index (χ2n) is 2.58. The molecule has 0 saturated carbocycles. The zero-order valence-corrected chi connectivity index (χ0v) is 5.92. The van der Waals surface area contributed by atoms with E-state index in [0.29, 0.717) is 6.04 Å². The van der Waals surface area contributed by atoms with Gasteiger partial charge >= 0.3 is 5.97 Å². The van der Waals surface area contributed by atoms with Crippen molar-refractivity contribution >= 4 is 5.97 Å². The molecule has 1 aliphatic rings. The van der Waals surface area contributed by atoms with Crippen molar-refractivity contribution in [2.75, 3.05) is 13.1 Å². The van der Waals surface area contributed by atoms with Gasteiger partial charge in [0.05, 0.1) is 0 Å². The van der Waals surface area contributed by atoms with Crippen molar-refractivity contribution in [2.45, 2.75) is 19.0 Å². The molecule has 0 amide bonds. The fraction of sp³-hybridized carbons (Fsp3) is 0.833. The SMILES string of the molecule is CC(NC1CNC1)C(=O)O. The lowest BCUT2D eigenvalue weighted by Crippen LogP contribution is -2.58. The number of aliphatic carboxylic acids is 1. The van der Waals surface area contributed by atoms with Crippen LogP contribution >= 0.6 is 0 Å². The molecule has 1 unspecified atom stereocenters. The molecule has 1 atom stereocenters. The van der Waals surface area contributed by atoms with Gasteiger partial charge < -0.3 is 10.4 Å². The third kappa shape index (κ3) is 1.68. The van der Waals surface area contributed by atoms with Crippen molar-refractivity contribution in [1.29, 1.82) is 0 Å². The summed E-state index contributed by atoms with van der Waals surface area (Å²) in [6.45, 7) is 3.43. The molecular weight excluding hydrogens is 132 g/mol. The van der Waals surface area contributed by atoms with E-state index in [1.54, 1.807) is 6.92 Å². The maximum absolute atomic E-state index is 10.3. The van der Waals surface area contributed by atoms with Gasteiger partial charge in [0, 0.05) is 19.1 Å². The van der Waals surface area contributed by atoms with E-state index in [0.717, 1.165) is 13.1 Å². The molecule has 3 N–H and O–H groups in total. The van der Waals surface area contributed by atoms with Gasteiger partial charge in [-0.25, -0.2) is 0 Å². The summed E-state index contributed by atoms with van der Waals surface area (Å²) in [5, 5.41) is 14.5. The highest BCUT2D eigenvalue weighted by molar-refractivity contribution is 5.72. The molecule has 0 aromatic carbocycles. The number of carboxylic acids is 1. The molecule has 1 fully saturated rings. The number of carbonyl (C=O) groups is 1. The van der Waals surface area contributed by atoms with Gasteiger partial charge in [-0.1, -0.05) is 0 Å². The first kappa shape index (κ1) is 7.50. The molecule has 0 aliphatic carbocycles. The van der Waals surface area contributed by atoms with Crippen LogP contribution < -0.4 is 10.6 Å². The predicted octanol–water partition coefficient (Wildman–Crippen LogP) is -0.979. The Morgan fingerprint density at radius 1 is 1.80 bits per heavy atom. The number of carboxylic acid groups (broad SMARTS) is 1. The van der Waals surface area contributed by atoms with Crippen molar-refractivity contribution in [3.63, 3.8) is 0 Å². The van der Waals surface area contributed by atoms with E-state index < -0.39 is 12.0 Å². The monoisotopic (exact) mass is 144 g/mol. The van der Waals surface area contributed by atoms with E-state index in [1.165, 1.54) is 0 Å². The molecule has 4 nitrogen and oxygen atoms in total. The Morgan fingerprint density at radius 3 is 2.70 bits per heavy atom. The minimum Gasteiger partial charge on any atom is -0.480 e. The summed E-state index contributed by atoms with van der Waals surface area (Å²) >= 11 is 0. The van der Waals surface area contributed by atoms with Crippen molar-refractivity contribution in [2.24, 2.45) is 0 Å². The molecule has 1 saturated heterocycles. The summed E-state index contributed by atoms with van der Waals surface area (Å²) < 4.78 is 0. The fourth-order valence-electron chi connectivity index (χ4n) is 0.831. The van der Waals surface area contributed by atoms with Crippen molar-refractivity contribution < 1.29 is 9.90 Å². The molecule has 1 aliphatic heterocycles. The summed E-state index contributed by atoms with van der Waals surface area (Å²) in [7, 11) is 0. The van der Waals surface area contributed by atoms with Crippen LogP contribution in [-0.2, 0) is 4.79 Å². The summed E-state index contributed by atoms with van der Waals surface area (Å²) in [6, 6.07) is -0.0711. The lowest BCUT2D eigenvalue weighted by atomic mass is 10.1. The first-order valence-electron chi connectivity index (χ1n) is 3.39. The van der Waals surface area contributed by atoms with Gasteiger partial charge in [0.1, 0.15) is 6.04 Å². The van der Waals surface area contributed by atoms with Crippen LogP contribution in [0.4, 0.5) is 0 Å². The summed E-state index contributed by atoms with van der Waals surface area (Å²) in [6.07, 6.45) is 0. The molecule has 58 valence electrons. The van der Waals surface area contributed by atoms with Gasteiger partial charge in [0.15, 0.2) is 0 Å². The average Bonchev–Trinajstić information content (AvgIpc) is 1.77. The normalized spacial score (nSPS) is 21.7. The second kappa shape index (κ2) is 2.98. The molecular formula is C6H12N2O2. The quantitative estimate of drug-likeness (QED) is 0.476. The molecule has 0 aromatic rings. The van der Waals surface area contributed by atoms with Gasteiger partial charge in [-0.15, -0.1) is 0 Å². The Labute approximate surface area is 59.6 Å². The minimum absolute atomic E-state index is 0.353. The first-order valence-corrected chi connectivity index (χ1v) is 3.39. The summed E-state index contributed by atoms with van der Waals surface area (Å²) in [4.78, 5) is 10.3. The number of rotatable bonds is 3. The molecule has 1 rings (SSSR count).